The number of nitrogens with zero attached hydrogens (tertiary/aromatic N) is 5. The molecule has 0 saturated carbocycles. The number of alkyl halides is 3. The fraction of sp³-hybridized carbons (Fsp3) is 0.217. The van der Waals surface area contributed by atoms with Gasteiger partial charge >= 0.3 is 17.7 Å². The van der Waals surface area contributed by atoms with Crippen molar-refractivity contribution in [2.75, 3.05) is 0 Å². The Morgan fingerprint density at radius 1 is 0.939 bits per heavy atom. The predicted molar refractivity (Wildman–Crippen MR) is 102 cm³/mol. The van der Waals surface area contributed by atoms with Crippen LogP contribution < -0.4 is 9.13 Å². The second-order valence-corrected chi connectivity index (χ2v) is 9.02. The molecule has 0 amide bonds. The number of aromatic nitrogens is 5. The summed E-state index contributed by atoms with van der Waals surface area (Å²) in [5.41, 5.74) is -0.898. The Hall–Kier alpha value is -3.69. The SMILES string of the molecule is CC1(C)c2cccc3[n+]2[C@]2(c4c-3cc(F)nc4F)c3cc(C(F)(F)F)nn3-c3cccc1[n+]32. The predicted octanol–water partition coefficient (Wildman–Crippen LogP) is 3.37. The molecule has 4 aromatic heterocycles. The second kappa shape index (κ2) is 5.27. The number of hydrogen-bond donors (Lipinski definition) is 0. The van der Waals surface area contributed by atoms with Crippen molar-refractivity contribution < 1.29 is 31.1 Å². The zero-order chi connectivity index (χ0) is 23.1. The Labute approximate surface area is 183 Å². The first-order valence-electron chi connectivity index (χ1n) is 10.2. The molecule has 3 aliphatic rings. The maximum atomic E-state index is 15.6. The van der Waals surface area contributed by atoms with Gasteiger partial charge in [-0.1, -0.05) is 15.8 Å². The molecule has 5 nitrogen and oxygen atoms in total. The van der Waals surface area contributed by atoms with Crippen molar-refractivity contribution >= 4 is 0 Å². The maximum absolute atomic E-state index is 15.6. The number of fused-ring (bicyclic) bond motifs is 4. The summed E-state index contributed by atoms with van der Waals surface area (Å²) in [6, 6.07) is 12.7. The minimum Gasteiger partial charge on any atom is -0.190 e. The minimum atomic E-state index is -4.70. The Bertz CT molecular complexity index is 1570. The van der Waals surface area contributed by atoms with E-state index in [9.17, 15) is 17.6 Å². The van der Waals surface area contributed by atoms with Crippen molar-refractivity contribution in [3.8, 4) is 17.1 Å². The number of halogens is 5. The van der Waals surface area contributed by atoms with Crippen molar-refractivity contribution in [2.45, 2.75) is 31.1 Å². The molecule has 3 aliphatic heterocycles. The molecule has 1 spiro atoms. The highest BCUT2D eigenvalue weighted by molar-refractivity contribution is 5.67. The molecule has 0 unspecified atom stereocenters. The first kappa shape index (κ1) is 18.8. The van der Waals surface area contributed by atoms with E-state index in [1.165, 1.54) is 4.68 Å². The van der Waals surface area contributed by atoms with Gasteiger partial charge in [-0.2, -0.15) is 31.5 Å². The zero-order valence-electron chi connectivity index (χ0n) is 17.2. The molecule has 0 aliphatic carbocycles. The zero-order valence-corrected chi connectivity index (χ0v) is 17.2. The lowest BCUT2D eigenvalue weighted by molar-refractivity contribution is -0.972. The van der Waals surface area contributed by atoms with Crippen LogP contribution in [0.3, 0.4) is 0 Å². The van der Waals surface area contributed by atoms with Crippen LogP contribution in [0.25, 0.3) is 17.1 Å². The Morgan fingerprint density at radius 2 is 1.64 bits per heavy atom. The molecule has 7 rings (SSSR count). The molecule has 4 aromatic rings. The van der Waals surface area contributed by atoms with E-state index < -0.39 is 34.8 Å². The van der Waals surface area contributed by atoms with E-state index in [-0.39, 0.29) is 16.8 Å². The van der Waals surface area contributed by atoms with Gasteiger partial charge in [0.2, 0.25) is 23.3 Å². The summed E-state index contributed by atoms with van der Waals surface area (Å²) in [5, 5.41) is 3.87. The van der Waals surface area contributed by atoms with Gasteiger partial charge in [0, 0.05) is 30.3 Å². The van der Waals surface area contributed by atoms with Crippen molar-refractivity contribution in [1.29, 1.82) is 0 Å². The first-order valence-corrected chi connectivity index (χ1v) is 10.2. The van der Waals surface area contributed by atoms with Crippen LogP contribution in [0.5, 0.6) is 0 Å². The summed E-state index contributed by atoms with van der Waals surface area (Å²) >= 11 is 0. The van der Waals surface area contributed by atoms with Crippen molar-refractivity contribution in [3.63, 3.8) is 0 Å². The van der Waals surface area contributed by atoms with Crippen LogP contribution >= 0.6 is 0 Å². The number of rotatable bonds is 0. The lowest BCUT2D eigenvalue weighted by atomic mass is 9.79. The van der Waals surface area contributed by atoms with Gasteiger partial charge in [-0.15, -0.1) is 4.57 Å². The summed E-state index contributed by atoms with van der Waals surface area (Å²) in [7, 11) is 0. The second-order valence-electron chi connectivity index (χ2n) is 9.02. The van der Waals surface area contributed by atoms with E-state index in [4.69, 9.17) is 0 Å². The molecule has 1 atom stereocenters. The summed E-state index contributed by atoms with van der Waals surface area (Å²) in [6.07, 6.45) is -4.70. The van der Waals surface area contributed by atoms with Crippen molar-refractivity contribution in [3.05, 3.63) is 88.8 Å². The van der Waals surface area contributed by atoms with Crippen molar-refractivity contribution in [1.82, 2.24) is 14.8 Å². The third kappa shape index (κ3) is 1.87. The highest BCUT2D eigenvalue weighted by Gasteiger charge is 2.74. The minimum absolute atomic E-state index is 0.00192. The van der Waals surface area contributed by atoms with Crippen LogP contribution in [0.15, 0.2) is 48.5 Å². The summed E-state index contributed by atoms with van der Waals surface area (Å²) < 4.78 is 75.8. The smallest absolute Gasteiger partial charge is 0.190 e. The van der Waals surface area contributed by atoms with E-state index in [2.05, 4.69) is 10.1 Å². The normalized spacial score (nSPS) is 20.3. The summed E-state index contributed by atoms with van der Waals surface area (Å²) in [6.45, 7) is 3.98. The molecule has 0 fully saturated rings. The lowest BCUT2D eigenvalue weighted by Gasteiger charge is -2.33. The van der Waals surface area contributed by atoms with Crippen LogP contribution in [0.2, 0.25) is 0 Å². The molecule has 0 aromatic carbocycles. The summed E-state index contributed by atoms with van der Waals surface area (Å²) in [4.78, 5) is 3.42. The Morgan fingerprint density at radius 3 is 2.36 bits per heavy atom. The van der Waals surface area contributed by atoms with E-state index in [0.29, 0.717) is 11.5 Å². The van der Waals surface area contributed by atoms with Gasteiger partial charge < -0.3 is 0 Å². The van der Waals surface area contributed by atoms with Gasteiger partial charge in [-0.3, -0.25) is 0 Å². The summed E-state index contributed by atoms with van der Waals surface area (Å²) in [5.74, 6) is -1.72. The van der Waals surface area contributed by atoms with Gasteiger partial charge in [0.25, 0.3) is 5.69 Å². The van der Waals surface area contributed by atoms with Gasteiger partial charge in [0.15, 0.2) is 5.69 Å². The van der Waals surface area contributed by atoms with Crippen LogP contribution in [-0.2, 0) is 17.3 Å². The van der Waals surface area contributed by atoms with E-state index >= 15 is 4.39 Å². The third-order valence-electron chi connectivity index (χ3n) is 7.03. The maximum Gasteiger partial charge on any atom is 0.437 e. The molecule has 0 N–H and O–H groups in total. The van der Waals surface area contributed by atoms with E-state index in [1.54, 1.807) is 33.4 Å². The fourth-order valence-corrected chi connectivity index (χ4v) is 5.82. The fourth-order valence-electron chi connectivity index (χ4n) is 5.82. The van der Waals surface area contributed by atoms with Gasteiger partial charge in [-0.05, 0) is 26.0 Å². The molecule has 164 valence electrons. The monoisotopic (exact) mass is 455 g/mol. The van der Waals surface area contributed by atoms with Gasteiger partial charge in [-0.25, -0.2) is 0 Å². The van der Waals surface area contributed by atoms with Crippen LogP contribution in [0, 0.1) is 11.9 Å². The third-order valence-corrected chi connectivity index (χ3v) is 7.03. The van der Waals surface area contributed by atoms with Crippen molar-refractivity contribution in [2.24, 2.45) is 0 Å². The standard InChI is InChI=1S/C23H14F5N5/c1-21(2)14-6-3-5-12-11-9-17(24)29-20(25)19(11)22(31(12)14)16-10-13(23(26,27)28)30-33(16)18-8-4-7-15(21)32(18)22/h3-10H,1-2H3/q+2/t22-/m1/s1. The Kier molecular flexibility index (Phi) is 3.01. The molecular weight excluding hydrogens is 441 g/mol. The number of hydrogen-bond acceptors (Lipinski definition) is 2. The largest absolute Gasteiger partial charge is 0.437 e. The van der Waals surface area contributed by atoms with E-state index in [0.717, 1.165) is 23.5 Å². The van der Waals surface area contributed by atoms with E-state index in [1.807, 2.05) is 26.0 Å². The topological polar surface area (TPSA) is 38.5 Å². The van der Waals surface area contributed by atoms with Gasteiger partial charge in [0.05, 0.1) is 5.56 Å². The highest BCUT2D eigenvalue weighted by Crippen LogP contribution is 2.50. The quantitative estimate of drug-likeness (QED) is 0.200. The molecule has 0 bridgehead atoms. The lowest BCUT2D eigenvalue weighted by Crippen LogP contribution is -2.79. The Balaban J connectivity index is 1.77. The highest BCUT2D eigenvalue weighted by atomic mass is 19.4. The molecule has 33 heavy (non-hydrogen) atoms. The van der Waals surface area contributed by atoms with Gasteiger partial charge in [0.1, 0.15) is 16.7 Å². The number of pyridine rings is 3. The van der Waals surface area contributed by atoms with Crippen LogP contribution in [-0.4, -0.2) is 14.8 Å². The van der Waals surface area contributed by atoms with Crippen LogP contribution in [0.1, 0.15) is 42.2 Å². The van der Waals surface area contributed by atoms with Crippen LogP contribution in [0.4, 0.5) is 22.0 Å². The first-order chi connectivity index (χ1) is 15.6. The average molecular weight is 455 g/mol. The molecule has 7 heterocycles. The molecule has 10 heteroatoms. The molecular formula is C23H14F5N5+2. The molecule has 0 saturated heterocycles. The molecule has 0 radical (unpaired) electrons. The average Bonchev–Trinajstić information content (AvgIpc) is 3.38.